The van der Waals surface area contributed by atoms with Gasteiger partial charge in [-0.15, -0.1) is 11.3 Å². The van der Waals surface area contributed by atoms with Gasteiger partial charge >= 0.3 is 0 Å². The normalized spacial score (nSPS) is 12.2. The van der Waals surface area contributed by atoms with Gasteiger partial charge in [0.1, 0.15) is 0 Å². The molecule has 0 aliphatic heterocycles. The highest BCUT2D eigenvalue weighted by Crippen LogP contribution is 2.37. The topological polar surface area (TPSA) is 30.5 Å². The Labute approximate surface area is 134 Å². The van der Waals surface area contributed by atoms with E-state index in [0.717, 1.165) is 12.0 Å². The number of benzene rings is 1. The third-order valence-electron chi connectivity index (χ3n) is 3.40. The number of hydrogen-bond acceptors (Lipinski definition) is 4. The van der Waals surface area contributed by atoms with Crippen molar-refractivity contribution in [3.8, 4) is 11.5 Å². The average Bonchev–Trinajstić information content (AvgIpc) is 3.03. The number of rotatable bonds is 7. The summed E-state index contributed by atoms with van der Waals surface area (Å²) in [6, 6.07) is 8.43. The third-order valence-corrected chi connectivity index (χ3v) is 4.80. The molecule has 114 valence electrons. The molecule has 3 nitrogen and oxygen atoms in total. The molecule has 1 aromatic carbocycles. The van der Waals surface area contributed by atoms with Crippen LogP contribution in [-0.4, -0.2) is 14.2 Å². The van der Waals surface area contributed by atoms with Gasteiger partial charge < -0.3 is 14.8 Å². The summed E-state index contributed by atoms with van der Waals surface area (Å²) in [6.07, 6.45) is 1.03. The lowest BCUT2D eigenvalue weighted by molar-refractivity contribution is 0.354. The lowest BCUT2D eigenvalue weighted by Gasteiger charge is -2.17. The summed E-state index contributed by atoms with van der Waals surface area (Å²) in [4.78, 5) is 1.34. The lowest BCUT2D eigenvalue weighted by atomic mass is 10.1. The van der Waals surface area contributed by atoms with E-state index in [2.05, 4.69) is 29.8 Å². The van der Waals surface area contributed by atoms with Crippen molar-refractivity contribution in [1.29, 1.82) is 0 Å². The van der Waals surface area contributed by atoms with Gasteiger partial charge in [-0.25, -0.2) is 0 Å². The minimum absolute atomic E-state index is 0.342. The highest BCUT2D eigenvalue weighted by atomic mass is 35.5. The molecule has 0 saturated heterocycles. The van der Waals surface area contributed by atoms with Crippen molar-refractivity contribution in [3.05, 3.63) is 45.1 Å². The average molecular weight is 326 g/mol. The molecule has 0 aliphatic rings. The van der Waals surface area contributed by atoms with E-state index in [0.29, 0.717) is 29.1 Å². The molecule has 0 spiro atoms. The fourth-order valence-electron chi connectivity index (χ4n) is 2.24. The first-order valence-corrected chi connectivity index (χ1v) is 8.13. The van der Waals surface area contributed by atoms with Crippen molar-refractivity contribution in [2.45, 2.75) is 25.9 Å². The fourth-order valence-corrected chi connectivity index (χ4v) is 3.42. The molecule has 0 saturated carbocycles. The molecule has 0 aliphatic carbocycles. The largest absolute Gasteiger partial charge is 0.493 e. The molecule has 1 heterocycles. The molecule has 0 bridgehead atoms. The molecule has 2 rings (SSSR count). The number of methoxy groups -OCH3 is 2. The van der Waals surface area contributed by atoms with Crippen molar-refractivity contribution in [2.75, 3.05) is 14.2 Å². The molecule has 0 fully saturated rings. The first-order chi connectivity index (χ1) is 10.2. The van der Waals surface area contributed by atoms with Crippen LogP contribution in [0.4, 0.5) is 0 Å². The molecule has 21 heavy (non-hydrogen) atoms. The van der Waals surface area contributed by atoms with Gasteiger partial charge in [-0.1, -0.05) is 30.7 Å². The van der Waals surface area contributed by atoms with Crippen LogP contribution >= 0.6 is 22.9 Å². The molecular weight excluding hydrogens is 306 g/mol. The summed E-state index contributed by atoms with van der Waals surface area (Å²) >= 11 is 8.17. The van der Waals surface area contributed by atoms with Gasteiger partial charge in [-0.2, -0.15) is 0 Å². The zero-order chi connectivity index (χ0) is 15.2. The van der Waals surface area contributed by atoms with Gasteiger partial charge in [0.15, 0.2) is 11.5 Å². The zero-order valence-corrected chi connectivity index (χ0v) is 14.1. The van der Waals surface area contributed by atoms with Crippen LogP contribution in [0.1, 0.15) is 29.8 Å². The number of nitrogens with one attached hydrogen (secondary N) is 1. The van der Waals surface area contributed by atoms with E-state index in [-0.39, 0.29) is 0 Å². The van der Waals surface area contributed by atoms with Crippen LogP contribution in [0.15, 0.2) is 29.6 Å². The van der Waals surface area contributed by atoms with E-state index >= 15 is 0 Å². The van der Waals surface area contributed by atoms with Gasteiger partial charge in [0, 0.05) is 17.5 Å². The van der Waals surface area contributed by atoms with Gasteiger partial charge in [0.25, 0.3) is 0 Å². The van der Waals surface area contributed by atoms with Gasteiger partial charge in [-0.05, 0) is 29.5 Å². The van der Waals surface area contributed by atoms with Crippen LogP contribution in [0.5, 0.6) is 11.5 Å². The Hall–Kier alpha value is -1.23. The van der Waals surface area contributed by atoms with E-state index in [1.54, 1.807) is 25.6 Å². The Kier molecular flexibility index (Phi) is 5.91. The van der Waals surface area contributed by atoms with Crippen LogP contribution in [0, 0.1) is 0 Å². The maximum absolute atomic E-state index is 6.40. The Balaban J connectivity index is 2.13. The summed E-state index contributed by atoms with van der Waals surface area (Å²) in [6.45, 7) is 2.86. The Morgan fingerprint density at radius 3 is 2.62 bits per heavy atom. The van der Waals surface area contributed by atoms with Crippen LogP contribution in [0.2, 0.25) is 5.02 Å². The molecule has 2 aromatic rings. The van der Waals surface area contributed by atoms with E-state index in [9.17, 15) is 0 Å². The molecule has 0 radical (unpaired) electrons. The van der Waals surface area contributed by atoms with E-state index in [1.165, 1.54) is 4.88 Å². The van der Waals surface area contributed by atoms with Crippen molar-refractivity contribution < 1.29 is 9.47 Å². The lowest BCUT2D eigenvalue weighted by Crippen LogP contribution is -2.19. The summed E-state index contributed by atoms with van der Waals surface area (Å²) in [5.74, 6) is 1.24. The standard InChI is InChI=1S/C16H20ClNO2S/c1-4-12(14-6-5-9-21-14)18-10-11-7-8-13(19-2)16(20-3)15(11)17/h5-9,12,18H,4,10H2,1-3H3. The number of hydrogen-bond donors (Lipinski definition) is 1. The molecule has 1 aromatic heterocycles. The van der Waals surface area contributed by atoms with Crippen LogP contribution in [-0.2, 0) is 6.54 Å². The molecule has 1 atom stereocenters. The maximum Gasteiger partial charge on any atom is 0.179 e. The van der Waals surface area contributed by atoms with Crippen molar-refractivity contribution in [2.24, 2.45) is 0 Å². The predicted octanol–water partition coefficient (Wildman–Crippen LogP) is 4.66. The first kappa shape index (κ1) is 16.1. The van der Waals surface area contributed by atoms with Crippen LogP contribution in [0.3, 0.4) is 0 Å². The zero-order valence-electron chi connectivity index (χ0n) is 12.5. The van der Waals surface area contributed by atoms with Gasteiger partial charge in [0.05, 0.1) is 19.2 Å². The highest BCUT2D eigenvalue weighted by Gasteiger charge is 2.15. The molecule has 1 N–H and O–H groups in total. The number of halogens is 1. The third kappa shape index (κ3) is 3.70. The Morgan fingerprint density at radius 2 is 2.05 bits per heavy atom. The second kappa shape index (κ2) is 7.69. The van der Waals surface area contributed by atoms with Crippen LogP contribution in [0.25, 0.3) is 0 Å². The predicted molar refractivity (Wildman–Crippen MR) is 88.7 cm³/mol. The van der Waals surface area contributed by atoms with E-state index < -0.39 is 0 Å². The van der Waals surface area contributed by atoms with Crippen molar-refractivity contribution >= 4 is 22.9 Å². The SMILES string of the molecule is CCC(NCc1ccc(OC)c(OC)c1Cl)c1cccs1. The summed E-state index contributed by atoms with van der Waals surface area (Å²) in [5.41, 5.74) is 1.00. The minimum atomic E-state index is 0.342. The van der Waals surface area contributed by atoms with Crippen molar-refractivity contribution in [1.82, 2.24) is 5.32 Å². The Morgan fingerprint density at radius 1 is 1.24 bits per heavy atom. The van der Waals surface area contributed by atoms with E-state index in [1.807, 2.05) is 12.1 Å². The van der Waals surface area contributed by atoms with Crippen LogP contribution < -0.4 is 14.8 Å². The number of thiophene rings is 1. The molecule has 1 unspecified atom stereocenters. The summed E-state index contributed by atoms with van der Waals surface area (Å²) < 4.78 is 10.6. The highest BCUT2D eigenvalue weighted by molar-refractivity contribution is 7.10. The summed E-state index contributed by atoms with van der Waals surface area (Å²) in [5, 5.41) is 6.25. The summed E-state index contributed by atoms with van der Waals surface area (Å²) in [7, 11) is 3.21. The number of ether oxygens (including phenoxy) is 2. The van der Waals surface area contributed by atoms with Gasteiger partial charge in [-0.3, -0.25) is 0 Å². The van der Waals surface area contributed by atoms with Gasteiger partial charge in [0.2, 0.25) is 0 Å². The smallest absolute Gasteiger partial charge is 0.179 e. The second-order valence-electron chi connectivity index (χ2n) is 4.63. The minimum Gasteiger partial charge on any atom is -0.493 e. The monoisotopic (exact) mass is 325 g/mol. The van der Waals surface area contributed by atoms with E-state index in [4.69, 9.17) is 21.1 Å². The first-order valence-electron chi connectivity index (χ1n) is 6.87. The molecule has 0 amide bonds. The quantitative estimate of drug-likeness (QED) is 0.803. The maximum atomic E-state index is 6.40. The molecular formula is C16H20ClNO2S. The second-order valence-corrected chi connectivity index (χ2v) is 5.99. The molecule has 5 heteroatoms. The fraction of sp³-hybridized carbons (Fsp3) is 0.375. The van der Waals surface area contributed by atoms with Crippen molar-refractivity contribution in [3.63, 3.8) is 0 Å². The Bertz CT molecular complexity index is 572.